The highest BCUT2D eigenvalue weighted by molar-refractivity contribution is 5.39. The molecule has 0 atom stereocenters. The number of methoxy groups -OCH3 is 1. The lowest BCUT2D eigenvalue weighted by Crippen LogP contribution is -2.85. The van der Waals surface area contributed by atoms with Crippen LogP contribution in [0.4, 0.5) is 0 Å². The van der Waals surface area contributed by atoms with Crippen LogP contribution in [-0.2, 0) is 0 Å². The molecule has 4 nitrogen and oxygen atoms in total. The van der Waals surface area contributed by atoms with Gasteiger partial charge in [0, 0.05) is 0 Å². The van der Waals surface area contributed by atoms with Crippen LogP contribution in [0.2, 0.25) is 0 Å². The van der Waals surface area contributed by atoms with E-state index in [0.717, 1.165) is 37.6 Å². The molecule has 4 heteroatoms. The first kappa shape index (κ1) is 15.8. The van der Waals surface area contributed by atoms with E-state index < -0.39 is 0 Å². The third-order valence-electron chi connectivity index (χ3n) is 2.96. The predicted octanol–water partition coefficient (Wildman–Crippen LogP) is 1.19. The van der Waals surface area contributed by atoms with E-state index in [2.05, 4.69) is 5.32 Å². The Kier molecular flexibility index (Phi) is 8.85. The van der Waals surface area contributed by atoms with Crippen molar-refractivity contribution in [2.24, 2.45) is 0 Å². The summed E-state index contributed by atoms with van der Waals surface area (Å²) in [5.41, 5.74) is 0. The first-order chi connectivity index (χ1) is 9.38. The van der Waals surface area contributed by atoms with E-state index in [9.17, 15) is 0 Å². The maximum Gasteiger partial charge on any atom is 0.161 e. The number of hydrogen-bond donors (Lipinski definition) is 2. The van der Waals surface area contributed by atoms with Crippen molar-refractivity contribution in [3.05, 3.63) is 24.3 Å². The molecular formula is C15H26NO3+. The largest absolute Gasteiger partial charge is 0.493 e. The summed E-state index contributed by atoms with van der Waals surface area (Å²) in [5, 5.41) is 10.8. The molecule has 1 rings (SSSR count). The average Bonchev–Trinajstić information content (AvgIpc) is 2.46. The molecule has 0 saturated carbocycles. The van der Waals surface area contributed by atoms with Crippen molar-refractivity contribution in [2.75, 3.05) is 33.4 Å². The Hall–Kier alpha value is -1.26. The molecule has 0 spiro atoms. The maximum atomic E-state index is 8.63. The third kappa shape index (κ3) is 7.03. The standard InChI is InChI=1S/C15H25NO3/c1-18-14-8-4-5-9-15(14)19-13-7-3-2-6-10-16-11-12-17/h4-5,8-9,16-17H,2-3,6-7,10-13H2,1H3/p+1. The zero-order valence-corrected chi connectivity index (χ0v) is 11.8. The second-order valence-electron chi connectivity index (χ2n) is 4.50. The molecule has 0 aliphatic rings. The minimum absolute atomic E-state index is 0.271. The lowest BCUT2D eigenvalue weighted by atomic mass is 10.2. The quantitative estimate of drug-likeness (QED) is 0.593. The molecule has 3 N–H and O–H groups in total. The van der Waals surface area contributed by atoms with E-state index in [4.69, 9.17) is 14.6 Å². The van der Waals surface area contributed by atoms with Gasteiger partial charge in [0.2, 0.25) is 0 Å². The van der Waals surface area contributed by atoms with Gasteiger partial charge in [-0.3, -0.25) is 0 Å². The Morgan fingerprint density at radius 1 is 1.00 bits per heavy atom. The van der Waals surface area contributed by atoms with Gasteiger partial charge in [0.05, 0.1) is 33.4 Å². The number of hydrogen-bond acceptors (Lipinski definition) is 3. The number of aliphatic hydroxyl groups excluding tert-OH is 1. The van der Waals surface area contributed by atoms with Gasteiger partial charge in [-0.15, -0.1) is 0 Å². The molecule has 0 bridgehead atoms. The van der Waals surface area contributed by atoms with Crippen LogP contribution in [0.1, 0.15) is 25.7 Å². The van der Waals surface area contributed by atoms with Gasteiger partial charge in [-0.2, -0.15) is 0 Å². The number of aliphatic hydroxyl groups is 1. The summed E-state index contributed by atoms with van der Waals surface area (Å²) in [4.78, 5) is 0. The second-order valence-corrected chi connectivity index (χ2v) is 4.50. The highest BCUT2D eigenvalue weighted by Crippen LogP contribution is 2.25. The van der Waals surface area contributed by atoms with Crippen LogP contribution in [0.5, 0.6) is 11.5 Å². The van der Waals surface area contributed by atoms with Gasteiger partial charge in [-0.25, -0.2) is 0 Å². The smallest absolute Gasteiger partial charge is 0.161 e. The van der Waals surface area contributed by atoms with Crippen LogP contribution < -0.4 is 14.8 Å². The number of nitrogens with two attached hydrogens (primary N) is 1. The number of quaternary nitrogens is 1. The van der Waals surface area contributed by atoms with Gasteiger partial charge >= 0.3 is 0 Å². The van der Waals surface area contributed by atoms with Crippen LogP contribution in [-0.4, -0.2) is 38.5 Å². The highest BCUT2D eigenvalue weighted by Gasteiger charge is 2.01. The Bertz CT molecular complexity index is 331. The fourth-order valence-corrected chi connectivity index (χ4v) is 1.90. The maximum absolute atomic E-state index is 8.63. The van der Waals surface area contributed by atoms with Crippen LogP contribution in [0.3, 0.4) is 0 Å². The molecule has 0 radical (unpaired) electrons. The minimum Gasteiger partial charge on any atom is -0.493 e. The molecular weight excluding hydrogens is 242 g/mol. The molecule has 0 aliphatic carbocycles. The fourth-order valence-electron chi connectivity index (χ4n) is 1.90. The highest BCUT2D eigenvalue weighted by atomic mass is 16.5. The molecule has 1 aromatic carbocycles. The summed E-state index contributed by atoms with van der Waals surface area (Å²) < 4.78 is 10.9. The fraction of sp³-hybridized carbons (Fsp3) is 0.600. The summed E-state index contributed by atoms with van der Waals surface area (Å²) in [6, 6.07) is 7.73. The zero-order valence-electron chi connectivity index (χ0n) is 11.8. The van der Waals surface area contributed by atoms with E-state index in [1.165, 1.54) is 19.3 Å². The van der Waals surface area contributed by atoms with Gasteiger partial charge in [0.15, 0.2) is 11.5 Å². The molecule has 0 saturated heterocycles. The SMILES string of the molecule is COc1ccccc1OCCCCCC[NH2+]CCO. The Labute approximate surface area is 115 Å². The Morgan fingerprint density at radius 3 is 2.47 bits per heavy atom. The molecule has 1 aromatic rings. The van der Waals surface area contributed by atoms with E-state index in [0.29, 0.717) is 0 Å². The first-order valence-corrected chi connectivity index (χ1v) is 7.07. The number of rotatable bonds is 11. The van der Waals surface area contributed by atoms with Crippen molar-refractivity contribution in [3.8, 4) is 11.5 Å². The van der Waals surface area contributed by atoms with Crippen molar-refractivity contribution in [1.82, 2.24) is 0 Å². The Balaban J connectivity index is 2.01. The average molecular weight is 268 g/mol. The second kappa shape index (κ2) is 10.6. The molecule has 0 unspecified atom stereocenters. The van der Waals surface area contributed by atoms with E-state index in [1.54, 1.807) is 7.11 Å². The first-order valence-electron chi connectivity index (χ1n) is 7.07. The Morgan fingerprint density at radius 2 is 1.74 bits per heavy atom. The van der Waals surface area contributed by atoms with E-state index in [-0.39, 0.29) is 6.61 Å². The topological polar surface area (TPSA) is 55.3 Å². The minimum atomic E-state index is 0.271. The molecule has 0 fully saturated rings. The predicted molar refractivity (Wildman–Crippen MR) is 75.7 cm³/mol. The molecule has 0 aliphatic heterocycles. The van der Waals surface area contributed by atoms with Gasteiger partial charge in [-0.05, 0) is 37.8 Å². The number of ether oxygens (including phenoxy) is 2. The zero-order chi connectivity index (χ0) is 13.8. The molecule has 0 amide bonds. The van der Waals surface area contributed by atoms with Crippen molar-refractivity contribution >= 4 is 0 Å². The number of unbranched alkanes of at least 4 members (excludes halogenated alkanes) is 3. The van der Waals surface area contributed by atoms with Crippen molar-refractivity contribution in [3.63, 3.8) is 0 Å². The van der Waals surface area contributed by atoms with Crippen molar-refractivity contribution in [1.29, 1.82) is 0 Å². The molecule has 108 valence electrons. The number of para-hydroxylation sites is 2. The van der Waals surface area contributed by atoms with Gasteiger partial charge in [0.1, 0.15) is 0 Å². The lowest BCUT2D eigenvalue weighted by molar-refractivity contribution is -0.656. The van der Waals surface area contributed by atoms with Gasteiger partial charge in [-0.1, -0.05) is 12.1 Å². The summed E-state index contributed by atoms with van der Waals surface area (Å²) in [7, 11) is 1.66. The third-order valence-corrected chi connectivity index (χ3v) is 2.96. The van der Waals surface area contributed by atoms with Crippen LogP contribution in [0.25, 0.3) is 0 Å². The van der Waals surface area contributed by atoms with E-state index >= 15 is 0 Å². The lowest BCUT2D eigenvalue weighted by Gasteiger charge is -2.09. The summed E-state index contributed by atoms with van der Waals surface area (Å²) in [5.74, 6) is 1.61. The normalized spacial score (nSPS) is 10.4. The number of benzene rings is 1. The van der Waals surface area contributed by atoms with Crippen LogP contribution in [0.15, 0.2) is 24.3 Å². The molecule has 19 heavy (non-hydrogen) atoms. The van der Waals surface area contributed by atoms with Gasteiger partial charge in [0.25, 0.3) is 0 Å². The van der Waals surface area contributed by atoms with E-state index in [1.807, 2.05) is 24.3 Å². The van der Waals surface area contributed by atoms with Gasteiger partial charge < -0.3 is 19.9 Å². The van der Waals surface area contributed by atoms with Crippen molar-refractivity contribution < 1.29 is 19.9 Å². The summed E-state index contributed by atoms with van der Waals surface area (Å²) >= 11 is 0. The molecule has 0 aromatic heterocycles. The van der Waals surface area contributed by atoms with Crippen LogP contribution in [0, 0.1) is 0 Å². The van der Waals surface area contributed by atoms with Crippen LogP contribution >= 0.6 is 0 Å². The summed E-state index contributed by atoms with van der Waals surface area (Å²) in [6.07, 6.45) is 4.67. The summed E-state index contributed by atoms with van der Waals surface area (Å²) in [6.45, 7) is 2.93. The van der Waals surface area contributed by atoms with Crippen molar-refractivity contribution in [2.45, 2.75) is 25.7 Å². The monoisotopic (exact) mass is 268 g/mol. The molecule has 0 heterocycles.